The summed E-state index contributed by atoms with van der Waals surface area (Å²) in [7, 11) is 0. The van der Waals surface area contributed by atoms with Crippen LogP contribution < -0.4 is 0 Å². The molecule has 1 atom stereocenters. The summed E-state index contributed by atoms with van der Waals surface area (Å²) in [5.41, 5.74) is 0.534. The molecule has 3 N–H and O–H groups in total. The Morgan fingerprint density at radius 3 is 2.57 bits per heavy atom. The van der Waals surface area contributed by atoms with E-state index >= 15 is 0 Å². The summed E-state index contributed by atoms with van der Waals surface area (Å²) in [4.78, 5) is 23.9. The summed E-state index contributed by atoms with van der Waals surface area (Å²) >= 11 is 0. The Balaban J connectivity index is 2.56. The maximum atomic E-state index is 12.0. The molecule has 0 spiro atoms. The fourth-order valence-corrected chi connectivity index (χ4v) is 2.00. The zero-order chi connectivity index (χ0) is 15.8. The van der Waals surface area contributed by atoms with Gasteiger partial charge in [-0.05, 0) is 31.0 Å². The van der Waals surface area contributed by atoms with Crippen LogP contribution >= 0.6 is 0 Å². The Labute approximate surface area is 123 Å². The van der Waals surface area contributed by atoms with Crippen LogP contribution in [0.3, 0.4) is 0 Å². The van der Waals surface area contributed by atoms with E-state index in [0.717, 1.165) is 0 Å². The third kappa shape index (κ3) is 5.83. The fraction of sp³-hybridized carbons (Fsp3) is 0.467. The Bertz CT molecular complexity index is 489. The molecule has 0 bridgehead atoms. The van der Waals surface area contributed by atoms with Crippen LogP contribution in [-0.4, -0.2) is 45.2 Å². The lowest BCUT2D eigenvalue weighted by molar-refractivity contribution is -0.137. The van der Waals surface area contributed by atoms with Gasteiger partial charge in [-0.25, -0.2) is 0 Å². The number of aliphatic hydroxyl groups excluding tert-OH is 1. The van der Waals surface area contributed by atoms with Gasteiger partial charge in [0.2, 0.25) is 5.91 Å². The number of benzene rings is 1. The second-order valence-corrected chi connectivity index (χ2v) is 4.79. The summed E-state index contributed by atoms with van der Waals surface area (Å²) in [5, 5.41) is 28.0. The quantitative estimate of drug-likeness (QED) is 0.675. The Hall–Kier alpha value is -2.08. The van der Waals surface area contributed by atoms with Crippen LogP contribution in [0.25, 0.3) is 0 Å². The van der Waals surface area contributed by atoms with Crippen molar-refractivity contribution in [2.45, 2.75) is 32.3 Å². The highest BCUT2D eigenvalue weighted by Gasteiger charge is 2.17. The van der Waals surface area contributed by atoms with Crippen LogP contribution in [0.1, 0.15) is 37.9 Å². The van der Waals surface area contributed by atoms with Crippen molar-refractivity contribution in [3.63, 3.8) is 0 Å². The van der Waals surface area contributed by atoms with E-state index in [0.29, 0.717) is 12.1 Å². The van der Waals surface area contributed by atoms with Gasteiger partial charge in [-0.1, -0.05) is 12.1 Å². The molecule has 116 valence electrons. The zero-order valence-corrected chi connectivity index (χ0v) is 12.0. The molecular formula is C15H21NO5. The molecule has 1 aromatic carbocycles. The third-order valence-electron chi connectivity index (χ3n) is 3.16. The molecule has 1 rings (SSSR count). The first-order valence-corrected chi connectivity index (χ1v) is 6.90. The monoisotopic (exact) mass is 295 g/mol. The van der Waals surface area contributed by atoms with E-state index in [4.69, 9.17) is 5.11 Å². The fourth-order valence-electron chi connectivity index (χ4n) is 2.00. The first-order chi connectivity index (χ1) is 9.93. The molecule has 0 aliphatic carbocycles. The predicted molar refractivity (Wildman–Crippen MR) is 76.8 cm³/mol. The first kappa shape index (κ1) is 17.0. The number of carbonyl (C=O) groups excluding carboxylic acids is 1. The number of hydrogen-bond acceptors (Lipinski definition) is 4. The van der Waals surface area contributed by atoms with Gasteiger partial charge in [-0.2, -0.15) is 0 Å². The molecule has 0 radical (unpaired) electrons. The number of aromatic hydroxyl groups is 1. The van der Waals surface area contributed by atoms with Crippen LogP contribution in [0.4, 0.5) is 0 Å². The summed E-state index contributed by atoms with van der Waals surface area (Å²) in [6.07, 6.45) is -0.501. The van der Waals surface area contributed by atoms with E-state index in [1.165, 1.54) is 17.0 Å². The SMILES string of the molecule is CCN(C[C@@H](O)c1cccc(O)c1)C(=O)CCCC(=O)O. The molecular weight excluding hydrogens is 274 g/mol. The maximum Gasteiger partial charge on any atom is 0.303 e. The van der Waals surface area contributed by atoms with Crippen LogP contribution in [0, 0.1) is 0 Å². The molecule has 0 saturated heterocycles. The lowest BCUT2D eigenvalue weighted by Gasteiger charge is -2.24. The lowest BCUT2D eigenvalue weighted by Crippen LogP contribution is -2.34. The number of aliphatic hydroxyl groups is 1. The van der Waals surface area contributed by atoms with Gasteiger partial charge in [0.25, 0.3) is 0 Å². The largest absolute Gasteiger partial charge is 0.508 e. The highest BCUT2D eigenvalue weighted by molar-refractivity contribution is 5.77. The average molecular weight is 295 g/mol. The predicted octanol–water partition coefficient (Wildman–Crippen LogP) is 1.53. The number of amides is 1. The standard InChI is InChI=1S/C15H21NO5/c1-2-16(14(19)7-4-8-15(20)21)10-13(18)11-5-3-6-12(17)9-11/h3,5-6,9,13,17-18H,2,4,7-8,10H2,1H3,(H,20,21)/t13-/m1/s1. The van der Waals surface area contributed by atoms with E-state index in [1.807, 2.05) is 0 Å². The van der Waals surface area contributed by atoms with Gasteiger partial charge in [-0.15, -0.1) is 0 Å². The Morgan fingerprint density at radius 1 is 1.29 bits per heavy atom. The maximum absolute atomic E-state index is 12.0. The number of carbonyl (C=O) groups is 2. The highest BCUT2D eigenvalue weighted by Crippen LogP contribution is 2.19. The van der Waals surface area contributed by atoms with E-state index in [1.54, 1.807) is 19.1 Å². The van der Waals surface area contributed by atoms with E-state index in [-0.39, 0.29) is 37.5 Å². The first-order valence-electron chi connectivity index (χ1n) is 6.90. The normalized spacial score (nSPS) is 11.9. The number of phenols is 1. The number of hydrogen-bond donors (Lipinski definition) is 3. The number of carboxylic acids is 1. The van der Waals surface area contributed by atoms with Crippen LogP contribution in [0.5, 0.6) is 5.75 Å². The van der Waals surface area contributed by atoms with Gasteiger partial charge < -0.3 is 20.2 Å². The van der Waals surface area contributed by atoms with Gasteiger partial charge in [0.15, 0.2) is 0 Å². The number of likely N-dealkylation sites (N-methyl/N-ethyl adjacent to an activating group) is 1. The number of rotatable bonds is 8. The molecule has 6 nitrogen and oxygen atoms in total. The molecule has 1 amide bonds. The number of carboxylic acid groups (broad SMARTS) is 1. The molecule has 0 saturated carbocycles. The summed E-state index contributed by atoms with van der Waals surface area (Å²) in [5.74, 6) is -1.05. The second kappa shape index (κ2) is 8.26. The minimum absolute atomic E-state index is 0.0432. The van der Waals surface area contributed by atoms with Crippen molar-refractivity contribution in [3.05, 3.63) is 29.8 Å². The summed E-state index contributed by atoms with van der Waals surface area (Å²) in [6.45, 7) is 2.35. The van der Waals surface area contributed by atoms with Crippen molar-refractivity contribution in [2.75, 3.05) is 13.1 Å². The van der Waals surface area contributed by atoms with Crippen LogP contribution in [-0.2, 0) is 9.59 Å². The molecule has 6 heteroatoms. The van der Waals surface area contributed by atoms with Crippen LogP contribution in [0.2, 0.25) is 0 Å². The van der Waals surface area contributed by atoms with Gasteiger partial charge in [0.1, 0.15) is 5.75 Å². The van der Waals surface area contributed by atoms with Crippen molar-refractivity contribution >= 4 is 11.9 Å². The molecule has 0 aliphatic heterocycles. The van der Waals surface area contributed by atoms with Crippen molar-refractivity contribution in [2.24, 2.45) is 0 Å². The molecule has 21 heavy (non-hydrogen) atoms. The van der Waals surface area contributed by atoms with Crippen molar-refractivity contribution < 1.29 is 24.9 Å². The number of aliphatic carboxylic acids is 1. The molecule has 1 aromatic rings. The van der Waals surface area contributed by atoms with Crippen molar-refractivity contribution in [3.8, 4) is 5.75 Å². The van der Waals surface area contributed by atoms with E-state index < -0.39 is 12.1 Å². The minimum Gasteiger partial charge on any atom is -0.508 e. The summed E-state index contributed by atoms with van der Waals surface area (Å²) in [6, 6.07) is 6.25. The topological polar surface area (TPSA) is 98.1 Å². The average Bonchev–Trinajstić information content (AvgIpc) is 2.43. The molecule has 0 aliphatic rings. The molecule has 0 fully saturated rings. The van der Waals surface area contributed by atoms with E-state index in [9.17, 15) is 19.8 Å². The molecule has 0 aromatic heterocycles. The minimum atomic E-state index is -0.925. The van der Waals surface area contributed by atoms with Crippen molar-refractivity contribution in [1.29, 1.82) is 0 Å². The van der Waals surface area contributed by atoms with Gasteiger partial charge in [0.05, 0.1) is 12.6 Å². The number of nitrogens with zero attached hydrogens (tertiary/aromatic N) is 1. The highest BCUT2D eigenvalue weighted by atomic mass is 16.4. The number of phenolic OH excluding ortho intramolecular Hbond substituents is 1. The van der Waals surface area contributed by atoms with Gasteiger partial charge in [0, 0.05) is 19.4 Å². The Kier molecular flexibility index (Phi) is 6.68. The summed E-state index contributed by atoms with van der Waals surface area (Å²) < 4.78 is 0. The van der Waals surface area contributed by atoms with Crippen molar-refractivity contribution in [1.82, 2.24) is 4.90 Å². The third-order valence-corrected chi connectivity index (χ3v) is 3.16. The lowest BCUT2D eigenvalue weighted by atomic mass is 10.1. The van der Waals surface area contributed by atoms with E-state index in [2.05, 4.69) is 0 Å². The Morgan fingerprint density at radius 2 is 2.00 bits per heavy atom. The van der Waals surface area contributed by atoms with Gasteiger partial charge in [-0.3, -0.25) is 9.59 Å². The second-order valence-electron chi connectivity index (χ2n) is 4.79. The van der Waals surface area contributed by atoms with Crippen LogP contribution in [0.15, 0.2) is 24.3 Å². The smallest absolute Gasteiger partial charge is 0.303 e. The molecule has 0 unspecified atom stereocenters. The zero-order valence-electron chi connectivity index (χ0n) is 12.0. The van der Waals surface area contributed by atoms with Gasteiger partial charge >= 0.3 is 5.97 Å². The molecule has 0 heterocycles.